The average molecular weight is 362 g/mol. The number of carbonyl (C=O) groups is 1. The van der Waals surface area contributed by atoms with E-state index in [4.69, 9.17) is 0 Å². The fraction of sp³-hybridized carbons (Fsp3) is 0.158. The molecule has 8 nitrogen and oxygen atoms in total. The molecule has 8 heteroatoms. The number of rotatable bonds is 6. The van der Waals surface area contributed by atoms with E-state index in [1.165, 1.54) is 9.08 Å². The van der Waals surface area contributed by atoms with Crippen molar-refractivity contribution in [3.8, 4) is 5.69 Å². The minimum absolute atomic E-state index is 0.0985. The Balaban J connectivity index is 1.31. The topological polar surface area (TPSA) is 86.2 Å². The number of nitrogens with zero attached hydrogens (tertiary/aromatic N) is 5. The summed E-state index contributed by atoms with van der Waals surface area (Å²) in [6.07, 6.45) is 5.95. The Morgan fingerprint density at radius 1 is 1.04 bits per heavy atom. The predicted molar refractivity (Wildman–Crippen MR) is 99.7 cm³/mol. The van der Waals surface area contributed by atoms with Gasteiger partial charge in [0.2, 0.25) is 5.91 Å². The van der Waals surface area contributed by atoms with Crippen LogP contribution in [0.15, 0.2) is 71.9 Å². The van der Waals surface area contributed by atoms with E-state index < -0.39 is 0 Å². The van der Waals surface area contributed by atoms with Crippen LogP contribution >= 0.6 is 0 Å². The molecule has 0 saturated carbocycles. The summed E-state index contributed by atoms with van der Waals surface area (Å²) in [6.45, 7) is 0.390. The Morgan fingerprint density at radius 3 is 2.63 bits per heavy atom. The van der Waals surface area contributed by atoms with E-state index in [2.05, 4.69) is 15.5 Å². The zero-order chi connectivity index (χ0) is 18.6. The first kappa shape index (κ1) is 16.8. The third-order valence-electron chi connectivity index (χ3n) is 4.22. The van der Waals surface area contributed by atoms with Gasteiger partial charge >= 0.3 is 5.69 Å². The lowest BCUT2D eigenvalue weighted by atomic mass is 10.1. The molecule has 0 aliphatic carbocycles. The molecule has 4 aromatic rings. The molecular weight excluding hydrogens is 344 g/mol. The Morgan fingerprint density at radius 2 is 1.89 bits per heavy atom. The third-order valence-corrected chi connectivity index (χ3v) is 4.22. The van der Waals surface area contributed by atoms with Gasteiger partial charge in [0, 0.05) is 25.1 Å². The highest BCUT2D eigenvalue weighted by Gasteiger charge is 2.10. The molecule has 1 amide bonds. The molecule has 3 heterocycles. The minimum Gasteiger partial charge on any atom is -0.354 e. The maximum atomic E-state index is 12.2. The molecule has 136 valence electrons. The second kappa shape index (κ2) is 7.28. The van der Waals surface area contributed by atoms with Crippen molar-refractivity contribution in [1.29, 1.82) is 0 Å². The Kier molecular flexibility index (Phi) is 4.52. The van der Waals surface area contributed by atoms with Crippen molar-refractivity contribution in [3.05, 3.63) is 83.2 Å². The molecule has 3 aromatic heterocycles. The second-order valence-corrected chi connectivity index (χ2v) is 6.09. The van der Waals surface area contributed by atoms with E-state index in [9.17, 15) is 9.59 Å². The van der Waals surface area contributed by atoms with Crippen molar-refractivity contribution in [2.24, 2.45) is 0 Å². The first-order chi connectivity index (χ1) is 13.2. The Bertz CT molecular complexity index is 1110. The summed E-state index contributed by atoms with van der Waals surface area (Å²) in [5.74, 6) is -0.242. The number of amides is 1. The van der Waals surface area contributed by atoms with Gasteiger partial charge in [-0.3, -0.25) is 9.20 Å². The minimum atomic E-state index is -0.324. The molecule has 0 spiro atoms. The van der Waals surface area contributed by atoms with Gasteiger partial charge in [0.25, 0.3) is 0 Å². The van der Waals surface area contributed by atoms with E-state index >= 15 is 0 Å². The average Bonchev–Trinajstić information content (AvgIpc) is 3.32. The summed E-state index contributed by atoms with van der Waals surface area (Å²) in [7, 11) is 0. The van der Waals surface area contributed by atoms with Crippen molar-refractivity contribution in [2.45, 2.75) is 13.0 Å². The molecule has 0 aliphatic heterocycles. The first-order valence-electron chi connectivity index (χ1n) is 8.60. The number of aromatic nitrogens is 5. The number of fused-ring (bicyclic) bond motifs is 1. The van der Waals surface area contributed by atoms with Gasteiger partial charge in [-0.25, -0.2) is 14.2 Å². The smallest absolute Gasteiger partial charge is 0.350 e. The van der Waals surface area contributed by atoms with Gasteiger partial charge in [0.1, 0.15) is 6.54 Å². The molecule has 0 bridgehead atoms. The van der Waals surface area contributed by atoms with Crippen LogP contribution in [0.5, 0.6) is 0 Å². The number of carbonyl (C=O) groups excluding carboxylic acids is 1. The van der Waals surface area contributed by atoms with Crippen LogP contribution in [0.2, 0.25) is 0 Å². The highest BCUT2D eigenvalue weighted by atomic mass is 16.2. The number of nitrogens with one attached hydrogen (secondary N) is 1. The number of benzene rings is 1. The normalized spacial score (nSPS) is 11.0. The molecule has 1 aromatic carbocycles. The first-order valence-corrected chi connectivity index (χ1v) is 8.60. The molecule has 27 heavy (non-hydrogen) atoms. The predicted octanol–water partition coefficient (Wildman–Crippen LogP) is 1.04. The van der Waals surface area contributed by atoms with E-state index in [0.717, 1.165) is 11.3 Å². The van der Waals surface area contributed by atoms with Crippen LogP contribution in [-0.2, 0) is 17.8 Å². The van der Waals surface area contributed by atoms with Crippen molar-refractivity contribution < 1.29 is 4.79 Å². The molecule has 0 aliphatic rings. The fourth-order valence-corrected chi connectivity index (χ4v) is 2.85. The molecule has 0 unspecified atom stereocenters. The highest BCUT2D eigenvalue weighted by Crippen LogP contribution is 2.08. The van der Waals surface area contributed by atoms with Gasteiger partial charge in [-0.15, -0.1) is 5.10 Å². The van der Waals surface area contributed by atoms with Crippen molar-refractivity contribution >= 4 is 11.6 Å². The van der Waals surface area contributed by atoms with Crippen molar-refractivity contribution in [3.63, 3.8) is 0 Å². The zero-order valence-electron chi connectivity index (χ0n) is 14.5. The van der Waals surface area contributed by atoms with E-state index in [1.54, 1.807) is 35.3 Å². The third kappa shape index (κ3) is 3.64. The van der Waals surface area contributed by atoms with Crippen LogP contribution in [-0.4, -0.2) is 36.4 Å². The molecule has 0 saturated heterocycles. The molecular formula is C19H18N6O2. The lowest BCUT2D eigenvalue weighted by Crippen LogP contribution is -2.33. The highest BCUT2D eigenvalue weighted by molar-refractivity contribution is 5.75. The summed E-state index contributed by atoms with van der Waals surface area (Å²) in [6, 6.07) is 15.1. The monoisotopic (exact) mass is 362 g/mol. The van der Waals surface area contributed by atoms with Crippen LogP contribution in [0, 0.1) is 0 Å². The van der Waals surface area contributed by atoms with Gasteiger partial charge in [-0.1, -0.05) is 18.2 Å². The van der Waals surface area contributed by atoms with Gasteiger partial charge in [-0.05, 0) is 42.3 Å². The number of hydrogen-bond donors (Lipinski definition) is 1. The molecule has 0 fully saturated rings. The SMILES string of the molecule is O=C(Cn1nc2ccccn2c1=O)NCCc1ccc(-n2cccn2)cc1. The van der Waals surface area contributed by atoms with E-state index in [1.807, 2.05) is 36.5 Å². The Hall–Kier alpha value is -3.68. The number of pyridine rings is 1. The summed E-state index contributed by atoms with van der Waals surface area (Å²) < 4.78 is 4.37. The zero-order valence-corrected chi connectivity index (χ0v) is 14.5. The standard InChI is InChI=1S/C19H18N6O2/c26-18(14-25-19(27)23-12-2-1-4-17(23)22-25)20-11-9-15-5-7-16(8-6-15)24-13-3-10-21-24/h1-8,10,12-13H,9,11,14H2,(H,20,26). The van der Waals surface area contributed by atoms with Gasteiger partial charge in [-0.2, -0.15) is 5.10 Å². The lowest BCUT2D eigenvalue weighted by molar-refractivity contribution is -0.121. The van der Waals surface area contributed by atoms with E-state index in [0.29, 0.717) is 18.6 Å². The van der Waals surface area contributed by atoms with Crippen LogP contribution in [0.3, 0.4) is 0 Å². The molecule has 4 rings (SSSR count). The van der Waals surface area contributed by atoms with Crippen molar-refractivity contribution in [2.75, 3.05) is 6.54 Å². The molecule has 0 radical (unpaired) electrons. The lowest BCUT2D eigenvalue weighted by Gasteiger charge is -2.06. The quantitative estimate of drug-likeness (QED) is 0.555. The van der Waals surface area contributed by atoms with Crippen molar-refractivity contribution in [1.82, 2.24) is 29.3 Å². The summed E-state index contributed by atoms with van der Waals surface area (Å²) >= 11 is 0. The van der Waals surface area contributed by atoms with Crippen LogP contribution < -0.4 is 11.0 Å². The number of hydrogen-bond acceptors (Lipinski definition) is 4. The van der Waals surface area contributed by atoms with Gasteiger partial charge in [0.05, 0.1) is 5.69 Å². The van der Waals surface area contributed by atoms with Crippen LogP contribution in [0.1, 0.15) is 5.56 Å². The summed E-state index contributed by atoms with van der Waals surface area (Å²) in [5, 5.41) is 11.2. The second-order valence-electron chi connectivity index (χ2n) is 6.09. The fourth-order valence-electron chi connectivity index (χ4n) is 2.85. The largest absolute Gasteiger partial charge is 0.354 e. The maximum Gasteiger partial charge on any atom is 0.350 e. The van der Waals surface area contributed by atoms with Gasteiger partial charge in [0.15, 0.2) is 5.65 Å². The molecule has 0 atom stereocenters. The van der Waals surface area contributed by atoms with Crippen LogP contribution in [0.25, 0.3) is 11.3 Å². The van der Waals surface area contributed by atoms with Crippen LogP contribution in [0.4, 0.5) is 0 Å². The maximum absolute atomic E-state index is 12.2. The van der Waals surface area contributed by atoms with E-state index in [-0.39, 0.29) is 18.1 Å². The Labute approximate surface area is 154 Å². The van der Waals surface area contributed by atoms with Gasteiger partial charge < -0.3 is 5.32 Å². The molecule has 1 N–H and O–H groups in total. The summed E-state index contributed by atoms with van der Waals surface area (Å²) in [4.78, 5) is 24.3. The summed E-state index contributed by atoms with van der Waals surface area (Å²) in [5.41, 5.74) is 2.29.